The summed E-state index contributed by atoms with van der Waals surface area (Å²) >= 11 is 0. The molecule has 5 rings (SSSR count). The maximum Gasteiger partial charge on any atom is 0.242 e. The summed E-state index contributed by atoms with van der Waals surface area (Å²) < 4.78 is 5.48. The van der Waals surface area contributed by atoms with E-state index < -0.39 is 0 Å². The molecule has 0 spiro atoms. The van der Waals surface area contributed by atoms with Crippen LogP contribution >= 0.6 is 0 Å². The molecule has 1 aromatic heterocycles. The second-order valence-electron chi connectivity index (χ2n) is 7.20. The topological polar surface area (TPSA) is 73.1 Å². The number of hydrogen-bond donors (Lipinski definition) is 2. The average molecular weight is 288 g/mol. The Kier molecular flexibility index (Phi) is 2.98. The second-order valence-corrected chi connectivity index (χ2v) is 7.20. The SMILES string of the molecule is CCOc1ncnc(NC23CC4CC(CC(C4)C2)C3)c1N. The quantitative estimate of drug-likeness (QED) is 0.891. The summed E-state index contributed by atoms with van der Waals surface area (Å²) in [6, 6.07) is 0. The van der Waals surface area contributed by atoms with E-state index in [1.807, 2.05) is 6.92 Å². The lowest BCUT2D eigenvalue weighted by molar-refractivity contribution is 0.0105. The molecule has 4 aliphatic rings. The minimum atomic E-state index is 0.209. The largest absolute Gasteiger partial charge is 0.476 e. The highest BCUT2D eigenvalue weighted by atomic mass is 16.5. The van der Waals surface area contributed by atoms with Crippen molar-refractivity contribution < 1.29 is 4.74 Å². The van der Waals surface area contributed by atoms with E-state index >= 15 is 0 Å². The molecule has 1 heterocycles. The van der Waals surface area contributed by atoms with Gasteiger partial charge in [0.25, 0.3) is 0 Å². The minimum Gasteiger partial charge on any atom is -0.476 e. The van der Waals surface area contributed by atoms with Crippen LogP contribution in [0.5, 0.6) is 5.88 Å². The molecule has 4 saturated carbocycles. The van der Waals surface area contributed by atoms with Gasteiger partial charge in [-0.15, -0.1) is 0 Å². The fraction of sp³-hybridized carbons (Fsp3) is 0.750. The molecule has 0 radical (unpaired) electrons. The number of ether oxygens (including phenoxy) is 1. The average Bonchev–Trinajstić information content (AvgIpc) is 2.42. The molecule has 0 saturated heterocycles. The van der Waals surface area contributed by atoms with Crippen LogP contribution in [-0.2, 0) is 0 Å². The number of nitrogens with two attached hydrogens (primary N) is 1. The normalized spacial score (nSPS) is 36.7. The van der Waals surface area contributed by atoms with Crippen molar-refractivity contribution in [3.05, 3.63) is 6.33 Å². The molecule has 0 aliphatic heterocycles. The Morgan fingerprint density at radius 1 is 1.19 bits per heavy atom. The van der Waals surface area contributed by atoms with E-state index in [-0.39, 0.29) is 5.54 Å². The maximum absolute atomic E-state index is 6.19. The lowest BCUT2D eigenvalue weighted by Gasteiger charge is -2.57. The number of nitrogen functional groups attached to an aromatic ring is 1. The van der Waals surface area contributed by atoms with Crippen molar-refractivity contribution in [1.29, 1.82) is 0 Å². The van der Waals surface area contributed by atoms with E-state index in [1.54, 1.807) is 6.33 Å². The van der Waals surface area contributed by atoms with E-state index in [2.05, 4.69) is 15.3 Å². The molecule has 114 valence electrons. The van der Waals surface area contributed by atoms with Gasteiger partial charge in [0.15, 0.2) is 5.82 Å². The van der Waals surface area contributed by atoms with Crippen LogP contribution in [0.3, 0.4) is 0 Å². The van der Waals surface area contributed by atoms with Gasteiger partial charge in [-0.05, 0) is 63.2 Å². The first-order valence-corrected chi connectivity index (χ1v) is 8.19. The zero-order valence-electron chi connectivity index (χ0n) is 12.6. The molecule has 1 aromatic rings. The van der Waals surface area contributed by atoms with Gasteiger partial charge in [-0.25, -0.2) is 4.98 Å². The van der Waals surface area contributed by atoms with E-state index in [0.29, 0.717) is 18.2 Å². The molecule has 0 atom stereocenters. The van der Waals surface area contributed by atoms with Crippen LogP contribution < -0.4 is 15.8 Å². The Labute approximate surface area is 125 Å². The Morgan fingerprint density at radius 3 is 2.38 bits per heavy atom. The van der Waals surface area contributed by atoms with Crippen LogP contribution in [0.2, 0.25) is 0 Å². The van der Waals surface area contributed by atoms with Crippen LogP contribution in [-0.4, -0.2) is 22.1 Å². The van der Waals surface area contributed by atoms with Crippen molar-refractivity contribution in [1.82, 2.24) is 9.97 Å². The van der Waals surface area contributed by atoms with E-state index in [9.17, 15) is 0 Å². The number of anilines is 2. The third-order valence-corrected chi connectivity index (χ3v) is 5.55. The molecule has 0 amide bonds. The van der Waals surface area contributed by atoms with Crippen LogP contribution in [0.4, 0.5) is 11.5 Å². The molecule has 4 fully saturated rings. The van der Waals surface area contributed by atoms with Gasteiger partial charge in [0.05, 0.1) is 6.61 Å². The van der Waals surface area contributed by atoms with Gasteiger partial charge >= 0.3 is 0 Å². The molecule has 3 N–H and O–H groups in total. The maximum atomic E-state index is 6.19. The molecule has 21 heavy (non-hydrogen) atoms. The van der Waals surface area contributed by atoms with Crippen molar-refractivity contribution in [2.45, 2.75) is 51.0 Å². The van der Waals surface area contributed by atoms with Gasteiger partial charge in [0.1, 0.15) is 12.0 Å². The smallest absolute Gasteiger partial charge is 0.242 e. The second kappa shape index (κ2) is 4.75. The van der Waals surface area contributed by atoms with Crippen molar-refractivity contribution in [3.8, 4) is 5.88 Å². The minimum absolute atomic E-state index is 0.209. The van der Waals surface area contributed by atoms with Gasteiger partial charge in [0, 0.05) is 5.54 Å². The van der Waals surface area contributed by atoms with Gasteiger partial charge in [-0.1, -0.05) is 0 Å². The molecule has 4 aliphatic carbocycles. The zero-order valence-corrected chi connectivity index (χ0v) is 12.6. The van der Waals surface area contributed by atoms with Crippen molar-refractivity contribution in [2.75, 3.05) is 17.7 Å². The van der Waals surface area contributed by atoms with Gasteiger partial charge in [-0.3, -0.25) is 0 Å². The molecular formula is C16H24N4O. The first kappa shape index (κ1) is 13.2. The van der Waals surface area contributed by atoms with Crippen molar-refractivity contribution in [2.24, 2.45) is 17.8 Å². The summed E-state index contributed by atoms with van der Waals surface area (Å²) in [7, 11) is 0. The highest BCUT2D eigenvalue weighted by molar-refractivity contribution is 5.67. The number of hydrogen-bond acceptors (Lipinski definition) is 5. The summed E-state index contributed by atoms with van der Waals surface area (Å²) in [6.45, 7) is 2.51. The lowest BCUT2D eigenvalue weighted by atomic mass is 9.53. The summed E-state index contributed by atoms with van der Waals surface area (Å²) in [5.74, 6) is 3.96. The van der Waals surface area contributed by atoms with E-state index in [1.165, 1.54) is 38.5 Å². The van der Waals surface area contributed by atoms with Crippen LogP contribution in [0, 0.1) is 17.8 Å². The molecule has 0 aromatic carbocycles. The van der Waals surface area contributed by atoms with E-state index in [4.69, 9.17) is 10.5 Å². The van der Waals surface area contributed by atoms with Crippen LogP contribution in [0.25, 0.3) is 0 Å². The highest BCUT2D eigenvalue weighted by Crippen LogP contribution is 2.56. The van der Waals surface area contributed by atoms with Crippen molar-refractivity contribution in [3.63, 3.8) is 0 Å². The third-order valence-electron chi connectivity index (χ3n) is 5.55. The lowest BCUT2D eigenvalue weighted by Crippen LogP contribution is -2.55. The first-order chi connectivity index (χ1) is 10.2. The van der Waals surface area contributed by atoms with Crippen molar-refractivity contribution >= 4 is 11.5 Å². The fourth-order valence-corrected chi connectivity index (χ4v) is 5.25. The van der Waals surface area contributed by atoms with Gasteiger partial charge < -0.3 is 15.8 Å². The van der Waals surface area contributed by atoms with Gasteiger partial charge in [-0.2, -0.15) is 4.98 Å². The molecule has 0 unspecified atom stereocenters. The highest BCUT2D eigenvalue weighted by Gasteiger charge is 2.51. The first-order valence-electron chi connectivity index (χ1n) is 8.19. The number of rotatable bonds is 4. The predicted octanol–water partition coefficient (Wildman–Crippen LogP) is 2.84. The predicted molar refractivity (Wildman–Crippen MR) is 82.1 cm³/mol. The molecule has 5 nitrogen and oxygen atoms in total. The Bertz CT molecular complexity index is 510. The summed E-state index contributed by atoms with van der Waals surface area (Å²) in [6.07, 6.45) is 9.66. The summed E-state index contributed by atoms with van der Waals surface area (Å²) in [5.41, 5.74) is 6.95. The Balaban J connectivity index is 1.60. The molecule has 5 heteroatoms. The Morgan fingerprint density at radius 2 is 1.81 bits per heavy atom. The number of nitrogens with zero attached hydrogens (tertiary/aromatic N) is 2. The van der Waals surface area contributed by atoms with E-state index in [0.717, 1.165) is 23.6 Å². The van der Waals surface area contributed by atoms with Crippen LogP contribution in [0.1, 0.15) is 45.4 Å². The summed E-state index contributed by atoms with van der Waals surface area (Å²) in [4.78, 5) is 8.49. The molecular weight excluding hydrogens is 264 g/mol. The fourth-order valence-electron chi connectivity index (χ4n) is 5.25. The zero-order chi connectivity index (χ0) is 14.4. The molecule has 4 bridgehead atoms. The Hall–Kier alpha value is -1.52. The standard InChI is InChI=1S/C16H24N4O/c1-2-21-15-13(17)14(18-9-19-15)20-16-6-10-3-11(7-16)5-12(4-10)8-16/h9-12H,2-8,17H2,1H3,(H,18,19,20). The third kappa shape index (κ3) is 2.23. The summed E-state index contributed by atoms with van der Waals surface area (Å²) in [5, 5.41) is 3.70. The van der Waals surface area contributed by atoms with Crippen LogP contribution in [0.15, 0.2) is 6.33 Å². The number of aromatic nitrogens is 2. The number of nitrogens with one attached hydrogen (secondary N) is 1. The van der Waals surface area contributed by atoms with Gasteiger partial charge in [0.2, 0.25) is 5.88 Å². The monoisotopic (exact) mass is 288 g/mol.